The highest BCUT2D eigenvalue weighted by Crippen LogP contribution is 2.34. The van der Waals surface area contributed by atoms with Gasteiger partial charge in [0.2, 0.25) is 0 Å². The molecule has 96 valence electrons. The third-order valence-corrected chi connectivity index (χ3v) is 3.72. The van der Waals surface area contributed by atoms with Gasteiger partial charge >= 0.3 is 12.0 Å². The van der Waals surface area contributed by atoms with Crippen LogP contribution in [0.25, 0.3) is 0 Å². The average Bonchev–Trinajstić information content (AvgIpc) is 2.83. The first kappa shape index (κ1) is 12.2. The maximum Gasteiger partial charge on any atom is 0.317 e. The number of hydrogen-bond donors (Lipinski definition) is 2. The number of hydrogen-bond acceptors (Lipinski definition) is 2. The van der Waals surface area contributed by atoms with E-state index in [4.69, 9.17) is 5.11 Å². The van der Waals surface area contributed by atoms with Crippen LogP contribution in [0.5, 0.6) is 0 Å². The van der Waals surface area contributed by atoms with Gasteiger partial charge in [0, 0.05) is 19.1 Å². The van der Waals surface area contributed by atoms with Crippen molar-refractivity contribution in [3.63, 3.8) is 0 Å². The van der Waals surface area contributed by atoms with Crippen LogP contribution in [-0.4, -0.2) is 41.1 Å². The molecule has 2 aliphatic rings. The van der Waals surface area contributed by atoms with Crippen LogP contribution in [-0.2, 0) is 4.79 Å². The summed E-state index contributed by atoms with van der Waals surface area (Å²) in [7, 11) is 0. The smallest absolute Gasteiger partial charge is 0.317 e. The molecule has 2 amide bonds. The Labute approximate surface area is 101 Å². The number of carbonyl (C=O) groups is 2. The highest BCUT2D eigenvalue weighted by Gasteiger charge is 2.39. The van der Waals surface area contributed by atoms with E-state index in [1.165, 1.54) is 6.42 Å². The number of nitrogens with zero attached hydrogens (tertiary/aromatic N) is 1. The minimum atomic E-state index is -0.796. The minimum absolute atomic E-state index is 0.0858. The van der Waals surface area contributed by atoms with Crippen molar-refractivity contribution in [3.8, 4) is 0 Å². The molecular weight excluding hydrogens is 220 g/mol. The maximum absolute atomic E-state index is 11.8. The van der Waals surface area contributed by atoms with Crippen molar-refractivity contribution in [3.05, 3.63) is 0 Å². The van der Waals surface area contributed by atoms with Crippen molar-refractivity contribution >= 4 is 12.0 Å². The van der Waals surface area contributed by atoms with Gasteiger partial charge in [-0.05, 0) is 25.2 Å². The quantitative estimate of drug-likeness (QED) is 0.778. The molecule has 5 nitrogen and oxygen atoms in total. The number of rotatable bonds is 4. The van der Waals surface area contributed by atoms with Crippen LogP contribution in [0, 0.1) is 11.8 Å². The summed E-state index contributed by atoms with van der Waals surface area (Å²) in [5, 5.41) is 11.8. The minimum Gasteiger partial charge on any atom is -0.481 e. The lowest BCUT2D eigenvalue weighted by molar-refractivity contribution is -0.141. The highest BCUT2D eigenvalue weighted by atomic mass is 16.4. The fourth-order valence-electron chi connectivity index (χ4n) is 2.51. The summed E-state index contributed by atoms with van der Waals surface area (Å²) in [6, 6.07) is 0.240. The first-order chi connectivity index (χ1) is 8.11. The number of carbonyl (C=O) groups excluding carboxylic acids is 1. The maximum atomic E-state index is 11.8. The van der Waals surface area contributed by atoms with Crippen LogP contribution in [0.2, 0.25) is 0 Å². The zero-order valence-electron chi connectivity index (χ0n) is 10.2. The molecule has 1 heterocycles. The Morgan fingerprint density at radius 1 is 1.47 bits per heavy atom. The van der Waals surface area contributed by atoms with Gasteiger partial charge in [0.1, 0.15) is 0 Å². The molecule has 0 radical (unpaired) electrons. The number of amides is 2. The second kappa shape index (κ2) is 4.94. The van der Waals surface area contributed by atoms with Crippen molar-refractivity contribution in [2.24, 2.45) is 11.8 Å². The molecule has 2 fully saturated rings. The molecule has 0 aromatic heterocycles. The third-order valence-electron chi connectivity index (χ3n) is 3.72. The summed E-state index contributed by atoms with van der Waals surface area (Å²) in [6.07, 6.45) is 3.98. The molecule has 1 unspecified atom stereocenters. The first-order valence-corrected chi connectivity index (χ1v) is 6.40. The number of likely N-dealkylation sites (tertiary alicyclic amines) is 1. The molecule has 17 heavy (non-hydrogen) atoms. The molecule has 0 aromatic rings. The third kappa shape index (κ3) is 2.90. The molecule has 0 bridgehead atoms. The van der Waals surface area contributed by atoms with Crippen LogP contribution in [0.1, 0.15) is 32.6 Å². The summed E-state index contributed by atoms with van der Waals surface area (Å²) in [5.74, 6) is -0.538. The van der Waals surface area contributed by atoms with E-state index in [2.05, 4.69) is 12.2 Å². The molecule has 1 aliphatic carbocycles. The summed E-state index contributed by atoms with van der Waals surface area (Å²) < 4.78 is 0. The molecule has 5 heteroatoms. The van der Waals surface area contributed by atoms with Crippen molar-refractivity contribution in [1.82, 2.24) is 10.2 Å². The Bertz CT molecular complexity index is 319. The Balaban J connectivity index is 1.73. The number of carboxylic acid groups (broad SMARTS) is 1. The van der Waals surface area contributed by atoms with Gasteiger partial charge in [0.15, 0.2) is 0 Å². The van der Waals surface area contributed by atoms with Crippen LogP contribution in [0.3, 0.4) is 0 Å². The molecule has 2 N–H and O–H groups in total. The van der Waals surface area contributed by atoms with Gasteiger partial charge in [0.25, 0.3) is 0 Å². The fourth-order valence-corrected chi connectivity index (χ4v) is 2.51. The van der Waals surface area contributed by atoms with Crippen LogP contribution >= 0.6 is 0 Å². The van der Waals surface area contributed by atoms with Gasteiger partial charge in [-0.25, -0.2) is 4.79 Å². The van der Waals surface area contributed by atoms with E-state index in [9.17, 15) is 9.59 Å². The Hall–Kier alpha value is -1.26. The van der Waals surface area contributed by atoms with E-state index in [0.29, 0.717) is 31.5 Å². The van der Waals surface area contributed by atoms with Crippen molar-refractivity contribution in [1.29, 1.82) is 0 Å². The normalized spacial score (nSPS) is 31.4. The molecule has 1 saturated carbocycles. The van der Waals surface area contributed by atoms with Gasteiger partial charge < -0.3 is 15.3 Å². The predicted molar refractivity (Wildman–Crippen MR) is 62.7 cm³/mol. The summed E-state index contributed by atoms with van der Waals surface area (Å²) in [6.45, 7) is 3.06. The van der Waals surface area contributed by atoms with Gasteiger partial charge in [-0.2, -0.15) is 0 Å². The van der Waals surface area contributed by atoms with Crippen molar-refractivity contribution < 1.29 is 14.7 Å². The Kier molecular flexibility index (Phi) is 3.54. The van der Waals surface area contributed by atoms with E-state index in [-0.39, 0.29) is 11.9 Å². The molecule has 3 atom stereocenters. The second-order valence-electron chi connectivity index (χ2n) is 5.11. The van der Waals surface area contributed by atoms with Crippen LogP contribution in [0.4, 0.5) is 4.79 Å². The molecule has 2 rings (SSSR count). The standard InChI is InChI=1S/C12H20N2O3/c1-2-3-8-6-10(8)13-12(17)14-5-4-9(7-14)11(15)16/h8-10H,2-7H2,1H3,(H,13,17)(H,15,16)/t8-,9?,10-/m1/s1. The molecular formula is C12H20N2O3. The van der Waals surface area contributed by atoms with E-state index in [1.807, 2.05) is 0 Å². The Morgan fingerprint density at radius 3 is 2.82 bits per heavy atom. The Morgan fingerprint density at radius 2 is 2.24 bits per heavy atom. The molecule has 0 aromatic carbocycles. The summed E-state index contributed by atoms with van der Waals surface area (Å²) in [4.78, 5) is 24.2. The molecule has 1 saturated heterocycles. The van der Waals surface area contributed by atoms with E-state index >= 15 is 0 Å². The number of aliphatic carboxylic acids is 1. The van der Waals surface area contributed by atoms with E-state index in [1.54, 1.807) is 4.90 Å². The number of carboxylic acids is 1. The van der Waals surface area contributed by atoms with Crippen LogP contribution in [0.15, 0.2) is 0 Å². The number of nitrogens with one attached hydrogen (secondary N) is 1. The predicted octanol–water partition coefficient (Wildman–Crippen LogP) is 1.29. The topological polar surface area (TPSA) is 69.6 Å². The molecule has 0 spiro atoms. The van der Waals surface area contributed by atoms with Crippen molar-refractivity contribution in [2.75, 3.05) is 13.1 Å². The largest absolute Gasteiger partial charge is 0.481 e. The second-order valence-corrected chi connectivity index (χ2v) is 5.11. The van der Waals surface area contributed by atoms with Crippen LogP contribution < -0.4 is 5.32 Å². The van der Waals surface area contributed by atoms with E-state index in [0.717, 1.165) is 12.8 Å². The monoisotopic (exact) mass is 240 g/mol. The van der Waals surface area contributed by atoms with Gasteiger partial charge in [-0.15, -0.1) is 0 Å². The zero-order chi connectivity index (χ0) is 12.4. The lowest BCUT2D eigenvalue weighted by atomic mass is 10.1. The fraction of sp³-hybridized carbons (Fsp3) is 0.833. The SMILES string of the molecule is CCC[C@@H]1C[C@H]1NC(=O)N1CCC(C(=O)O)C1. The number of urea groups is 1. The average molecular weight is 240 g/mol. The summed E-state index contributed by atoms with van der Waals surface area (Å²) in [5.41, 5.74) is 0. The molecule has 1 aliphatic heterocycles. The highest BCUT2D eigenvalue weighted by molar-refractivity contribution is 5.77. The lowest BCUT2D eigenvalue weighted by Gasteiger charge is -2.16. The van der Waals surface area contributed by atoms with Gasteiger partial charge in [-0.1, -0.05) is 13.3 Å². The van der Waals surface area contributed by atoms with Gasteiger partial charge in [0.05, 0.1) is 5.92 Å². The first-order valence-electron chi connectivity index (χ1n) is 6.40. The zero-order valence-corrected chi connectivity index (χ0v) is 10.2. The lowest BCUT2D eigenvalue weighted by Crippen LogP contribution is -2.40. The van der Waals surface area contributed by atoms with Gasteiger partial charge in [-0.3, -0.25) is 4.79 Å². The van der Waals surface area contributed by atoms with E-state index < -0.39 is 5.97 Å². The summed E-state index contributed by atoms with van der Waals surface area (Å²) >= 11 is 0. The van der Waals surface area contributed by atoms with Crippen molar-refractivity contribution in [2.45, 2.75) is 38.6 Å².